The van der Waals surface area contributed by atoms with Crippen LogP contribution in [0.25, 0.3) is 0 Å². The van der Waals surface area contributed by atoms with Gasteiger partial charge in [-0.2, -0.15) is 4.31 Å². The van der Waals surface area contributed by atoms with Crippen molar-refractivity contribution in [2.24, 2.45) is 17.6 Å². The number of benzene rings is 1. The smallest absolute Gasteiger partial charge is 0.243 e. The van der Waals surface area contributed by atoms with E-state index in [2.05, 4.69) is 13.8 Å². The average molecular weight is 296 g/mol. The highest BCUT2D eigenvalue weighted by atomic mass is 32.2. The van der Waals surface area contributed by atoms with E-state index in [0.29, 0.717) is 36.4 Å². The highest BCUT2D eigenvalue weighted by Crippen LogP contribution is 2.28. The molecule has 1 heterocycles. The first kappa shape index (κ1) is 15.5. The Morgan fingerprint density at radius 1 is 1.25 bits per heavy atom. The summed E-state index contributed by atoms with van der Waals surface area (Å²) in [6, 6.07) is 5.36. The fourth-order valence-electron chi connectivity index (χ4n) is 3.07. The summed E-state index contributed by atoms with van der Waals surface area (Å²) in [5, 5.41) is 0. The highest BCUT2D eigenvalue weighted by molar-refractivity contribution is 7.89. The lowest BCUT2D eigenvalue weighted by Gasteiger charge is -2.34. The van der Waals surface area contributed by atoms with Crippen LogP contribution in [0.1, 0.15) is 31.4 Å². The molecule has 0 amide bonds. The van der Waals surface area contributed by atoms with Gasteiger partial charge < -0.3 is 5.73 Å². The Kier molecular flexibility index (Phi) is 4.52. The van der Waals surface area contributed by atoms with Crippen molar-refractivity contribution in [1.82, 2.24) is 4.31 Å². The molecule has 0 bridgehead atoms. The third-order valence-corrected chi connectivity index (χ3v) is 5.92. The van der Waals surface area contributed by atoms with Crippen molar-refractivity contribution in [3.8, 4) is 0 Å². The van der Waals surface area contributed by atoms with Gasteiger partial charge in [0, 0.05) is 19.6 Å². The van der Waals surface area contributed by atoms with Crippen molar-refractivity contribution in [2.75, 3.05) is 13.1 Å². The molecule has 0 radical (unpaired) electrons. The molecule has 1 aliphatic rings. The lowest BCUT2D eigenvalue weighted by Crippen LogP contribution is -2.42. The molecule has 2 atom stereocenters. The van der Waals surface area contributed by atoms with Crippen molar-refractivity contribution in [2.45, 2.75) is 38.6 Å². The standard InChI is InChI=1S/C15H24N2O2S/c1-11-6-12(2)10-17(9-11)20(18,19)15-5-4-14(8-16)7-13(15)3/h4-5,7,11-12H,6,8-10,16H2,1-3H3. The minimum absolute atomic E-state index is 0.413. The second-order valence-corrected chi connectivity index (χ2v) is 7.98. The number of piperidine rings is 1. The second-order valence-electron chi connectivity index (χ2n) is 6.07. The summed E-state index contributed by atoms with van der Waals surface area (Å²) in [7, 11) is -3.39. The molecule has 1 aromatic rings. The Balaban J connectivity index is 2.35. The van der Waals surface area contributed by atoms with Crippen molar-refractivity contribution in [3.05, 3.63) is 29.3 Å². The second kappa shape index (κ2) is 5.84. The van der Waals surface area contributed by atoms with Gasteiger partial charge in [0.25, 0.3) is 0 Å². The van der Waals surface area contributed by atoms with Crippen LogP contribution in [0.5, 0.6) is 0 Å². The first-order valence-corrected chi connectivity index (χ1v) is 8.58. The van der Waals surface area contributed by atoms with Crippen LogP contribution in [-0.2, 0) is 16.6 Å². The number of nitrogens with two attached hydrogens (primary N) is 1. The Morgan fingerprint density at radius 3 is 2.35 bits per heavy atom. The van der Waals surface area contributed by atoms with Gasteiger partial charge in [-0.15, -0.1) is 0 Å². The molecule has 5 heteroatoms. The van der Waals surface area contributed by atoms with Crippen molar-refractivity contribution < 1.29 is 8.42 Å². The quantitative estimate of drug-likeness (QED) is 0.929. The first-order chi connectivity index (χ1) is 9.34. The fourth-order valence-corrected chi connectivity index (χ4v) is 4.95. The van der Waals surface area contributed by atoms with Gasteiger partial charge in [0.15, 0.2) is 0 Å². The van der Waals surface area contributed by atoms with E-state index in [1.54, 1.807) is 16.4 Å². The molecule has 2 N–H and O–H groups in total. The summed E-state index contributed by atoms with van der Waals surface area (Å²) >= 11 is 0. The summed E-state index contributed by atoms with van der Waals surface area (Å²) < 4.78 is 27.2. The zero-order valence-corrected chi connectivity index (χ0v) is 13.3. The topological polar surface area (TPSA) is 63.4 Å². The Bertz CT molecular complexity index is 574. The molecule has 0 aliphatic carbocycles. The van der Waals surface area contributed by atoms with Crippen molar-refractivity contribution in [3.63, 3.8) is 0 Å². The molecule has 1 fully saturated rings. The maximum atomic E-state index is 12.8. The maximum Gasteiger partial charge on any atom is 0.243 e. The largest absolute Gasteiger partial charge is 0.326 e. The van der Waals surface area contributed by atoms with E-state index >= 15 is 0 Å². The van der Waals surface area contributed by atoms with Gasteiger partial charge in [0.2, 0.25) is 10.0 Å². The molecule has 20 heavy (non-hydrogen) atoms. The molecule has 2 rings (SSSR count). The van der Waals surface area contributed by atoms with Gasteiger partial charge in [0.05, 0.1) is 4.90 Å². The molecular weight excluding hydrogens is 272 g/mol. The molecular formula is C15H24N2O2S. The molecule has 1 aromatic carbocycles. The Labute approximate surface area is 122 Å². The van der Waals surface area contributed by atoms with Crippen LogP contribution in [0.3, 0.4) is 0 Å². The van der Waals surface area contributed by atoms with Gasteiger partial charge in [-0.05, 0) is 42.4 Å². The lowest BCUT2D eigenvalue weighted by atomic mass is 9.94. The fraction of sp³-hybridized carbons (Fsp3) is 0.600. The van der Waals surface area contributed by atoms with Crippen molar-refractivity contribution in [1.29, 1.82) is 0 Å². The SMILES string of the molecule is Cc1cc(CN)ccc1S(=O)(=O)N1CC(C)CC(C)C1. The van der Waals surface area contributed by atoms with Gasteiger partial charge in [0.1, 0.15) is 0 Å². The summed E-state index contributed by atoms with van der Waals surface area (Å²) in [6.07, 6.45) is 1.09. The normalized spacial score (nSPS) is 24.8. The zero-order chi connectivity index (χ0) is 14.9. The van der Waals surface area contributed by atoms with Crippen molar-refractivity contribution >= 4 is 10.0 Å². The minimum atomic E-state index is -3.39. The molecule has 1 aliphatic heterocycles. The number of nitrogens with zero attached hydrogens (tertiary/aromatic N) is 1. The summed E-state index contributed by atoms with van der Waals surface area (Å²) in [6.45, 7) is 7.72. The van der Waals surface area contributed by atoms with Crippen LogP contribution in [0.15, 0.2) is 23.1 Å². The minimum Gasteiger partial charge on any atom is -0.326 e. The third kappa shape index (κ3) is 3.05. The highest BCUT2D eigenvalue weighted by Gasteiger charge is 2.32. The molecule has 112 valence electrons. The molecule has 1 saturated heterocycles. The van der Waals surface area contributed by atoms with Crippen LogP contribution < -0.4 is 5.73 Å². The van der Waals surface area contributed by atoms with Crippen LogP contribution in [0.4, 0.5) is 0 Å². The lowest BCUT2D eigenvalue weighted by molar-refractivity contribution is 0.222. The Hall–Kier alpha value is -0.910. The summed E-state index contributed by atoms with van der Waals surface area (Å²) in [5.41, 5.74) is 7.33. The number of aryl methyl sites for hydroxylation is 1. The number of hydrogen-bond donors (Lipinski definition) is 1. The average Bonchev–Trinajstić information content (AvgIpc) is 2.37. The number of hydrogen-bond acceptors (Lipinski definition) is 3. The summed E-state index contributed by atoms with van der Waals surface area (Å²) in [5.74, 6) is 0.828. The monoisotopic (exact) mass is 296 g/mol. The number of sulfonamides is 1. The first-order valence-electron chi connectivity index (χ1n) is 7.14. The molecule has 4 nitrogen and oxygen atoms in total. The van der Waals surface area contributed by atoms with Gasteiger partial charge in [-0.25, -0.2) is 8.42 Å². The van der Waals surface area contributed by atoms with Crippen LogP contribution in [-0.4, -0.2) is 25.8 Å². The van der Waals surface area contributed by atoms with E-state index in [1.165, 1.54) is 0 Å². The van der Waals surface area contributed by atoms with E-state index in [-0.39, 0.29) is 0 Å². The number of rotatable bonds is 3. The van der Waals surface area contributed by atoms with E-state index in [4.69, 9.17) is 5.73 Å². The van der Waals surface area contributed by atoms with E-state index in [1.807, 2.05) is 13.0 Å². The zero-order valence-electron chi connectivity index (χ0n) is 12.5. The predicted octanol–water partition coefficient (Wildman–Crippen LogP) is 2.12. The summed E-state index contributed by atoms with van der Waals surface area (Å²) in [4.78, 5) is 0.413. The van der Waals surface area contributed by atoms with E-state index in [9.17, 15) is 8.42 Å². The molecule has 0 aromatic heterocycles. The third-order valence-electron chi connectivity index (χ3n) is 3.93. The molecule has 2 unspecified atom stereocenters. The predicted molar refractivity (Wildman–Crippen MR) is 80.8 cm³/mol. The van der Waals surface area contributed by atoms with Gasteiger partial charge >= 0.3 is 0 Å². The maximum absolute atomic E-state index is 12.8. The van der Waals surface area contributed by atoms with Crippen LogP contribution >= 0.6 is 0 Å². The molecule has 0 saturated carbocycles. The van der Waals surface area contributed by atoms with Gasteiger partial charge in [-0.3, -0.25) is 0 Å². The van der Waals surface area contributed by atoms with Crippen LogP contribution in [0.2, 0.25) is 0 Å². The van der Waals surface area contributed by atoms with E-state index < -0.39 is 10.0 Å². The van der Waals surface area contributed by atoms with Gasteiger partial charge in [-0.1, -0.05) is 26.0 Å². The van der Waals surface area contributed by atoms with E-state index in [0.717, 1.165) is 17.5 Å². The Morgan fingerprint density at radius 2 is 1.85 bits per heavy atom. The van der Waals surface area contributed by atoms with Crippen LogP contribution in [0, 0.1) is 18.8 Å². The molecule has 0 spiro atoms.